The van der Waals surface area contributed by atoms with E-state index in [0.717, 1.165) is 5.56 Å². The summed E-state index contributed by atoms with van der Waals surface area (Å²) in [4.78, 5) is 16.6. The molecule has 0 unspecified atom stereocenters. The normalized spacial score (nSPS) is 10.9. The van der Waals surface area contributed by atoms with Crippen LogP contribution in [0.1, 0.15) is 23.0 Å². The lowest BCUT2D eigenvalue weighted by Gasteiger charge is -2.06. The van der Waals surface area contributed by atoms with Crippen molar-refractivity contribution in [1.82, 2.24) is 10.1 Å². The first-order chi connectivity index (χ1) is 10.6. The third kappa shape index (κ3) is 2.55. The SMILES string of the molecule is CCOC(=O)c1cc(-c2ccc(Cl)cc2)nc2onc(C)c12. The number of nitrogens with zero attached hydrogens (tertiary/aromatic N) is 2. The second-order valence-electron chi connectivity index (χ2n) is 4.73. The van der Waals surface area contributed by atoms with Crippen LogP contribution in [0.3, 0.4) is 0 Å². The summed E-state index contributed by atoms with van der Waals surface area (Å²) in [7, 11) is 0. The molecule has 1 aromatic carbocycles. The van der Waals surface area contributed by atoms with Gasteiger partial charge < -0.3 is 9.26 Å². The summed E-state index contributed by atoms with van der Waals surface area (Å²) in [5, 5.41) is 5.09. The molecule has 0 aliphatic heterocycles. The number of hydrogen-bond acceptors (Lipinski definition) is 5. The largest absolute Gasteiger partial charge is 0.462 e. The number of rotatable bonds is 3. The predicted octanol–water partition coefficient (Wildman–Crippen LogP) is 4.03. The Balaban J connectivity index is 2.20. The minimum atomic E-state index is -0.420. The first-order valence-corrected chi connectivity index (χ1v) is 7.18. The molecule has 3 aromatic rings. The van der Waals surface area contributed by atoms with Crippen LogP contribution in [0.2, 0.25) is 5.02 Å². The van der Waals surface area contributed by atoms with Gasteiger partial charge in [-0.1, -0.05) is 28.9 Å². The van der Waals surface area contributed by atoms with Crippen molar-refractivity contribution in [3.8, 4) is 11.3 Å². The Morgan fingerprint density at radius 1 is 1.32 bits per heavy atom. The van der Waals surface area contributed by atoms with Gasteiger partial charge in [-0.3, -0.25) is 0 Å². The van der Waals surface area contributed by atoms with Crippen LogP contribution in [0, 0.1) is 6.92 Å². The number of pyridine rings is 1. The molecule has 0 spiro atoms. The van der Waals surface area contributed by atoms with Gasteiger partial charge in [0.1, 0.15) is 0 Å². The number of halogens is 1. The number of fused-ring (bicyclic) bond motifs is 1. The van der Waals surface area contributed by atoms with Crippen LogP contribution >= 0.6 is 11.6 Å². The Bertz CT molecular complexity index is 840. The molecule has 0 radical (unpaired) electrons. The molecular weight excluding hydrogens is 304 g/mol. The molecule has 0 fully saturated rings. The Labute approximate surface area is 131 Å². The highest BCUT2D eigenvalue weighted by Crippen LogP contribution is 2.28. The van der Waals surface area contributed by atoms with E-state index in [0.29, 0.717) is 39.7 Å². The molecule has 0 aliphatic carbocycles. The standard InChI is InChI=1S/C16H13ClN2O3/c1-3-21-16(20)12-8-13(10-4-6-11(17)7-5-10)18-15-14(12)9(2)19-22-15/h4-8H,3H2,1-2H3. The highest BCUT2D eigenvalue weighted by atomic mass is 35.5. The average Bonchev–Trinajstić information content (AvgIpc) is 2.89. The van der Waals surface area contributed by atoms with Gasteiger partial charge in [0.15, 0.2) is 0 Å². The number of aryl methyl sites for hydroxylation is 1. The van der Waals surface area contributed by atoms with Crippen LogP contribution < -0.4 is 0 Å². The molecule has 0 N–H and O–H groups in total. The number of ether oxygens (including phenoxy) is 1. The van der Waals surface area contributed by atoms with E-state index in [4.69, 9.17) is 20.9 Å². The van der Waals surface area contributed by atoms with Gasteiger partial charge in [0.05, 0.1) is 28.9 Å². The van der Waals surface area contributed by atoms with Crippen LogP contribution in [0.15, 0.2) is 34.9 Å². The van der Waals surface area contributed by atoms with Crippen molar-refractivity contribution in [3.05, 3.63) is 46.6 Å². The minimum absolute atomic E-state index is 0.295. The molecule has 2 aromatic heterocycles. The van der Waals surface area contributed by atoms with E-state index in [2.05, 4.69) is 10.1 Å². The van der Waals surface area contributed by atoms with Crippen LogP contribution in [-0.2, 0) is 4.74 Å². The van der Waals surface area contributed by atoms with Crippen molar-refractivity contribution >= 4 is 28.7 Å². The summed E-state index contributed by atoms with van der Waals surface area (Å²) in [6.45, 7) is 3.82. The molecule has 0 saturated carbocycles. The number of hydrogen-bond donors (Lipinski definition) is 0. The van der Waals surface area contributed by atoms with Gasteiger partial charge in [-0.05, 0) is 32.0 Å². The van der Waals surface area contributed by atoms with Gasteiger partial charge in [-0.25, -0.2) is 9.78 Å². The minimum Gasteiger partial charge on any atom is -0.462 e. The molecule has 0 saturated heterocycles. The van der Waals surface area contributed by atoms with E-state index >= 15 is 0 Å². The Morgan fingerprint density at radius 2 is 2.05 bits per heavy atom. The fraction of sp³-hybridized carbons (Fsp3) is 0.188. The van der Waals surface area contributed by atoms with Crippen LogP contribution in [0.4, 0.5) is 0 Å². The highest BCUT2D eigenvalue weighted by molar-refractivity contribution is 6.30. The van der Waals surface area contributed by atoms with Gasteiger partial charge in [0, 0.05) is 10.6 Å². The van der Waals surface area contributed by atoms with Crippen molar-refractivity contribution in [3.63, 3.8) is 0 Å². The lowest BCUT2D eigenvalue weighted by atomic mass is 10.1. The maximum Gasteiger partial charge on any atom is 0.339 e. The second-order valence-corrected chi connectivity index (χ2v) is 5.17. The molecule has 112 valence electrons. The average molecular weight is 317 g/mol. The molecule has 2 heterocycles. The molecule has 5 nitrogen and oxygen atoms in total. The van der Waals surface area contributed by atoms with E-state index < -0.39 is 5.97 Å². The van der Waals surface area contributed by atoms with Gasteiger partial charge in [-0.2, -0.15) is 0 Å². The summed E-state index contributed by atoms with van der Waals surface area (Å²) in [6.07, 6.45) is 0. The molecule has 0 bridgehead atoms. The maximum atomic E-state index is 12.2. The molecule has 22 heavy (non-hydrogen) atoms. The summed E-state index contributed by atoms with van der Waals surface area (Å²) < 4.78 is 10.3. The molecule has 6 heteroatoms. The van der Waals surface area contributed by atoms with Crippen molar-refractivity contribution in [2.75, 3.05) is 6.61 Å². The fourth-order valence-electron chi connectivity index (χ4n) is 2.23. The molecule has 3 rings (SSSR count). The number of aromatic nitrogens is 2. The third-order valence-corrected chi connectivity index (χ3v) is 3.50. The van der Waals surface area contributed by atoms with E-state index in [-0.39, 0.29) is 0 Å². The van der Waals surface area contributed by atoms with E-state index in [1.165, 1.54) is 0 Å². The predicted molar refractivity (Wildman–Crippen MR) is 82.9 cm³/mol. The Morgan fingerprint density at radius 3 is 2.73 bits per heavy atom. The van der Waals surface area contributed by atoms with E-state index in [1.807, 2.05) is 12.1 Å². The first-order valence-electron chi connectivity index (χ1n) is 6.80. The quantitative estimate of drug-likeness (QED) is 0.683. The van der Waals surface area contributed by atoms with Crippen LogP contribution in [0.5, 0.6) is 0 Å². The summed E-state index contributed by atoms with van der Waals surface area (Å²) >= 11 is 5.90. The molecule has 0 amide bonds. The smallest absolute Gasteiger partial charge is 0.339 e. The zero-order chi connectivity index (χ0) is 15.7. The van der Waals surface area contributed by atoms with Crippen molar-refractivity contribution < 1.29 is 14.1 Å². The van der Waals surface area contributed by atoms with Gasteiger partial charge in [-0.15, -0.1) is 0 Å². The zero-order valence-electron chi connectivity index (χ0n) is 12.1. The van der Waals surface area contributed by atoms with E-state index in [1.54, 1.807) is 32.0 Å². The number of carbonyl (C=O) groups is 1. The maximum absolute atomic E-state index is 12.2. The Kier molecular flexibility index (Phi) is 3.81. The van der Waals surface area contributed by atoms with Gasteiger partial charge in [0.2, 0.25) is 0 Å². The van der Waals surface area contributed by atoms with E-state index in [9.17, 15) is 4.79 Å². The number of carbonyl (C=O) groups excluding carboxylic acids is 1. The second kappa shape index (κ2) is 5.77. The van der Waals surface area contributed by atoms with Gasteiger partial charge in [0.25, 0.3) is 5.71 Å². The molecule has 0 atom stereocenters. The Hall–Kier alpha value is -2.40. The van der Waals surface area contributed by atoms with Crippen LogP contribution in [0.25, 0.3) is 22.4 Å². The van der Waals surface area contributed by atoms with Crippen molar-refractivity contribution in [1.29, 1.82) is 0 Å². The van der Waals surface area contributed by atoms with Crippen LogP contribution in [-0.4, -0.2) is 22.7 Å². The van der Waals surface area contributed by atoms with Gasteiger partial charge >= 0.3 is 5.97 Å². The zero-order valence-corrected chi connectivity index (χ0v) is 12.8. The first kappa shape index (κ1) is 14.5. The summed E-state index contributed by atoms with van der Waals surface area (Å²) in [6, 6.07) is 8.87. The summed E-state index contributed by atoms with van der Waals surface area (Å²) in [5.41, 5.74) is 2.74. The van der Waals surface area contributed by atoms with Crippen molar-refractivity contribution in [2.24, 2.45) is 0 Å². The monoisotopic (exact) mass is 316 g/mol. The summed E-state index contributed by atoms with van der Waals surface area (Å²) in [5.74, 6) is -0.420. The topological polar surface area (TPSA) is 65.2 Å². The highest BCUT2D eigenvalue weighted by Gasteiger charge is 2.20. The molecule has 0 aliphatic rings. The lowest BCUT2D eigenvalue weighted by molar-refractivity contribution is 0.0528. The lowest BCUT2D eigenvalue weighted by Crippen LogP contribution is -2.06. The fourth-order valence-corrected chi connectivity index (χ4v) is 2.36. The molecular formula is C16H13ClN2O3. The van der Waals surface area contributed by atoms with Crippen molar-refractivity contribution in [2.45, 2.75) is 13.8 Å². The number of esters is 1. The third-order valence-electron chi connectivity index (χ3n) is 3.25. The number of benzene rings is 1.